The molecule has 0 radical (unpaired) electrons. The molecule has 0 spiro atoms. The van der Waals surface area contributed by atoms with Crippen LogP contribution in [0.3, 0.4) is 0 Å². The van der Waals surface area contributed by atoms with E-state index in [-0.39, 0.29) is 12.6 Å². The molecule has 1 atom stereocenters. The van der Waals surface area contributed by atoms with Crippen molar-refractivity contribution in [1.29, 1.82) is 0 Å². The highest BCUT2D eigenvalue weighted by molar-refractivity contribution is 5.77. The third-order valence-corrected chi connectivity index (χ3v) is 2.73. The number of fused-ring (bicyclic) bond motifs is 1. The molecule has 18 heavy (non-hydrogen) atoms. The zero-order chi connectivity index (χ0) is 13.2. The van der Waals surface area contributed by atoms with E-state index >= 15 is 0 Å². The second kappa shape index (κ2) is 5.02. The molecule has 0 bridgehead atoms. The second-order valence-electron chi connectivity index (χ2n) is 4.23. The van der Waals surface area contributed by atoms with E-state index < -0.39 is 12.6 Å². The van der Waals surface area contributed by atoms with Crippen LogP contribution in [-0.4, -0.2) is 12.7 Å². The van der Waals surface area contributed by atoms with Crippen molar-refractivity contribution in [3.8, 4) is 0 Å². The monoisotopic (exact) mass is 257 g/mol. The van der Waals surface area contributed by atoms with Crippen molar-refractivity contribution < 1.29 is 17.6 Å². The van der Waals surface area contributed by atoms with Gasteiger partial charge in [-0.25, -0.2) is 0 Å². The molecule has 1 N–H and O–H groups in total. The number of benzene rings is 1. The van der Waals surface area contributed by atoms with E-state index in [1.54, 1.807) is 6.92 Å². The lowest BCUT2D eigenvalue weighted by molar-refractivity contribution is -0.133. The number of furan rings is 1. The predicted molar refractivity (Wildman–Crippen MR) is 63.3 cm³/mol. The molecule has 2 nitrogen and oxygen atoms in total. The van der Waals surface area contributed by atoms with Gasteiger partial charge in [-0.05, 0) is 19.1 Å². The Hall–Kier alpha value is -1.49. The summed E-state index contributed by atoms with van der Waals surface area (Å²) in [7, 11) is 0. The molecule has 0 amide bonds. The summed E-state index contributed by atoms with van der Waals surface area (Å²) in [5, 5.41) is 3.76. The molecule has 98 valence electrons. The highest BCUT2D eigenvalue weighted by atomic mass is 19.4. The Bertz CT molecular complexity index is 485. The van der Waals surface area contributed by atoms with Gasteiger partial charge in [-0.15, -0.1) is 0 Å². The van der Waals surface area contributed by atoms with Gasteiger partial charge in [0.05, 0.1) is 12.5 Å². The molecule has 0 aliphatic rings. The van der Waals surface area contributed by atoms with Crippen LogP contribution in [0.5, 0.6) is 0 Å². The molecule has 5 heteroatoms. The number of hydrogen-bond donors (Lipinski definition) is 1. The fourth-order valence-electron chi connectivity index (χ4n) is 1.75. The van der Waals surface area contributed by atoms with E-state index in [9.17, 15) is 13.2 Å². The van der Waals surface area contributed by atoms with E-state index in [4.69, 9.17) is 4.42 Å². The lowest BCUT2D eigenvalue weighted by atomic mass is 10.2. The number of halogens is 3. The first-order chi connectivity index (χ1) is 8.46. The molecule has 1 aromatic carbocycles. The Balaban J connectivity index is 1.98. The fourth-order valence-corrected chi connectivity index (χ4v) is 1.75. The van der Waals surface area contributed by atoms with Gasteiger partial charge in [0.15, 0.2) is 0 Å². The van der Waals surface area contributed by atoms with Crippen LogP contribution in [0.15, 0.2) is 34.7 Å². The summed E-state index contributed by atoms with van der Waals surface area (Å²) in [6.45, 7) is 1.68. The number of para-hydroxylation sites is 1. The molecule has 0 aliphatic heterocycles. The van der Waals surface area contributed by atoms with Gasteiger partial charge in [0.1, 0.15) is 11.3 Å². The lowest BCUT2D eigenvalue weighted by Gasteiger charge is -2.12. The van der Waals surface area contributed by atoms with Crippen molar-refractivity contribution >= 4 is 11.0 Å². The van der Waals surface area contributed by atoms with E-state index in [1.165, 1.54) is 0 Å². The maximum absolute atomic E-state index is 12.0. The number of hydrogen-bond acceptors (Lipinski definition) is 2. The third-order valence-electron chi connectivity index (χ3n) is 2.73. The van der Waals surface area contributed by atoms with Gasteiger partial charge in [-0.1, -0.05) is 18.2 Å². The van der Waals surface area contributed by atoms with Gasteiger partial charge in [-0.3, -0.25) is 0 Å². The van der Waals surface area contributed by atoms with E-state index in [1.807, 2.05) is 30.3 Å². The summed E-state index contributed by atoms with van der Waals surface area (Å²) in [4.78, 5) is 0. The minimum absolute atomic E-state index is 0.109. The molecule has 0 fully saturated rings. The summed E-state index contributed by atoms with van der Waals surface area (Å²) < 4.78 is 41.6. The largest absolute Gasteiger partial charge is 0.459 e. The Morgan fingerprint density at radius 2 is 2.00 bits per heavy atom. The Morgan fingerprint density at radius 1 is 1.28 bits per heavy atom. The Morgan fingerprint density at radius 3 is 2.67 bits per heavy atom. The van der Waals surface area contributed by atoms with Gasteiger partial charge in [0, 0.05) is 11.9 Å². The zero-order valence-electron chi connectivity index (χ0n) is 9.92. The van der Waals surface area contributed by atoms with Gasteiger partial charge in [0.2, 0.25) is 0 Å². The summed E-state index contributed by atoms with van der Waals surface area (Å²) in [6.07, 6.45) is -4.96. The van der Waals surface area contributed by atoms with Crippen LogP contribution in [0.2, 0.25) is 0 Å². The molecular formula is C13H14F3NO. The average molecular weight is 257 g/mol. The van der Waals surface area contributed by atoms with Crippen LogP contribution in [-0.2, 0) is 0 Å². The quantitative estimate of drug-likeness (QED) is 0.894. The molecule has 0 aliphatic carbocycles. The first-order valence-corrected chi connectivity index (χ1v) is 5.74. The summed E-state index contributed by atoms with van der Waals surface area (Å²) in [5.74, 6) is 0.651. The molecule has 2 aromatic rings. The van der Waals surface area contributed by atoms with Crippen LogP contribution in [0, 0.1) is 0 Å². The zero-order valence-corrected chi connectivity index (χ0v) is 9.92. The van der Waals surface area contributed by atoms with Crippen molar-refractivity contribution in [2.45, 2.75) is 25.6 Å². The molecule has 1 unspecified atom stereocenters. The van der Waals surface area contributed by atoms with Crippen LogP contribution >= 0.6 is 0 Å². The fraction of sp³-hybridized carbons (Fsp3) is 0.385. The molecule has 0 saturated carbocycles. The first kappa shape index (κ1) is 13.0. The van der Waals surface area contributed by atoms with Crippen molar-refractivity contribution in [3.63, 3.8) is 0 Å². The highest BCUT2D eigenvalue weighted by Crippen LogP contribution is 2.24. The Labute approximate surface area is 103 Å². The van der Waals surface area contributed by atoms with Crippen molar-refractivity contribution in [1.82, 2.24) is 5.32 Å². The van der Waals surface area contributed by atoms with Gasteiger partial charge < -0.3 is 9.73 Å². The molecular weight excluding hydrogens is 243 g/mol. The van der Waals surface area contributed by atoms with Crippen molar-refractivity contribution in [2.75, 3.05) is 6.54 Å². The maximum Gasteiger partial charge on any atom is 0.390 e. The predicted octanol–water partition coefficient (Wildman–Crippen LogP) is 4.04. The Kier molecular flexibility index (Phi) is 3.61. The van der Waals surface area contributed by atoms with Crippen molar-refractivity contribution in [2.24, 2.45) is 0 Å². The minimum Gasteiger partial charge on any atom is -0.459 e. The van der Waals surface area contributed by atoms with Gasteiger partial charge in [0.25, 0.3) is 0 Å². The van der Waals surface area contributed by atoms with E-state index in [0.717, 1.165) is 11.0 Å². The van der Waals surface area contributed by atoms with E-state index in [2.05, 4.69) is 5.32 Å². The molecule has 2 rings (SSSR count). The topological polar surface area (TPSA) is 25.2 Å². The normalized spacial score (nSPS) is 14.0. The van der Waals surface area contributed by atoms with Crippen molar-refractivity contribution in [3.05, 3.63) is 36.1 Å². The van der Waals surface area contributed by atoms with E-state index in [0.29, 0.717) is 5.76 Å². The molecule has 0 saturated heterocycles. The number of nitrogens with one attached hydrogen (secondary N) is 1. The molecule has 1 heterocycles. The second-order valence-corrected chi connectivity index (χ2v) is 4.23. The third kappa shape index (κ3) is 3.26. The molecule has 1 aromatic heterocycles. The van der Waals surface area contributed by atoms with Crippen LogP contribution in [0.25, 0.3) is 11.0 Å². The van der Waals surface area contributed by atoms with Gasteiger partial charge >= 0.3 is 6.18 Å². The lowest BCUT2D eigenvalue weighted by Crippen LogP contribution is -2.24. The average Bonchev–Trinajstić information content (AvgIpc) is 2.70. The van der Waals surface area contributed by atoms with Gasteiger partial charge in [-0.2, -0.15) is 13.2 Å². The van der Waals surface area contributed by atoms with Crippen LogP contribution < -0.4 is 5.32 Å². The van der Waals surface area contributed by atoms with Crippen LogP contribution in [0.4, 0.5) is 13.2 Å². The first-order valence-electron chi connectivity index (χ1n) is 5.74. The summed E-state index contributed by atoms with van der Waals surface area (Å²) >= 11 is 0. The summed E-state index contributed by atoms with van der Waals surface area (Å²) in [5.41, 5.74) is 0.747. The number of alkyl halides is 3. The smallest absolute Gasteiger partial charge is 0.390 e. The van der Waals surface area contributed by atoms with Crippen LogP contribution in [0.1, 0.15) is 25.1 Å². The maximum atomic E-state index is 12.0. The standard InChI is InChI=1S/C13H14F3NO/c1-9(17-7-6-13(14,15)16)12-8-10-4-2-3-5-11(10)18-12/h2-5,8-9,17H,6-7H2,1H3. The SMILES string of the molecule is CC(NCCC(F)(F)F)c1cc2ccccc2o1. The minimum atomic E-state index is -4.12. The summed E-state index contributed by atoms with van der Waals surface area (Å²) in [6, 6.07) is 9.10. The highest BCUT2D eigenvalue weighted by Gasteiger charge is 2.26. The number of rotatable bonds is 4.